The van der Waals surface area contributed by atoms with Crippen molar-refractivity contribution in [2.24, 2.45) is 0 Å². The molecule has 1 saturated heterocycles. The first-order chi connectivity index (χ1) is 22.0. The zero-order valence-electron chi connectivity index (χ0n) is 24.1. The van der Waals surface area contributed by atoms with Crippen LogP contribution < -0.4 is 14.9 Å². The molecule has 1 fully saturated rings. The zero-order chi connectivity index (χ0) is 32.5. The second-order valence-electron chi connectivity index (χ2n) is 10.2. The van der Waals surface area contributed by atoms with E-state index in [0.717, 1.165) is 24.5 Å². The van der Waals surface area contributed by atoms with Crippen LogP contribution in [0.4, 0.5) is 31.2 Å². The Morgan fingerprint density at radius 1 is 0.870 bits per heavy atom. The van der Waals surface area contributed by atoms with Crippen LogP contribution in [0, 0.1) is 11.6 Å². The van der Waals surface area contributed by atoms with Crippen molar-refractivity contribution >= 4 is 53.7 Å². The number of benzene rings is 3. The fraction of sp³-hybridized carbons (Fsp3) is 0.167. The SMILES string of the molecule is CS(=O)(=O)c1cccc(Nc2nccc(-c3sc(N4CCOCC4)nc3-c3cccc(NS(=O)(=O)c4c(F)cccc4F)c3)n2)c1. The first kappa shape index (κ1) is 31.5. The summed E-state index contributed by atoms with van der Waals surface area (Å²) in [5.41, 5.74) is 2.07. The predicted molar refractivity (Wildman–Crippen MR) is 172 cm³/mol. The Hall–Kier alpha value is -4.51. The lowest BCUT2D eigenvalue weighted by Gasteiger charge is -2.26. The van der Waals surface area contributed by atoms with Gasteiger partial charge in [0.25, 0.3) is 10.0 Å². The van der Waals surface area contributed by atoms with Crippen LogP contribution in [0.3, 0.4) is 0 Å². The maximum Gasteiger partial charge on any atom is 0.267 e. The van der Waals surface area contributed by atoms with E-state index in [0.29, 0.717) is 59.0 Å². The third kappa shape index (κ3) is 6.84. The highest BCUT2D eigenvalue weighted by Gasteiger charge is 2.25. The van der Waals surface area contributed by atoms with Crippen LogP contribution in [0.1, 0.15) is 0 Å². The number of morpholine rings is 1. The average Bonchev–Trinajstić information content (AvgIpc) is 3.47. The maximum absolute atomic E-state index is 14.3. The Balaban J connectivity index is 1.38. The monoisotopic (exact) mass is 684 g/mol. The molecule has 0 saturated carbocycles. The van der Waals surface area contributed by atoms with E-state index in [1.54, 1.807) is 36.5 Å². The highest BCUT2D eigenvalue weighted by Crippen LogP contribution is 2.41. The summed E-state index contributed by atoms with van der Waals surface area (Å²) in [7, 11) is -8.03. The molecule has 0 spiro atoms. The summed E-state index contributed by atoms with van der Waals surface area (Å²) in [6.07, 6.45) is 2.68. The highest BCUT2D eigenvalue weighted by atomic mass is 32.2. The van der Waals surface area contributed by atoms with E-state index in [9.17, 15) is 25.6 Å². The van der Waals surface area contributed by atoms with E-state index in [1.807, 2.05) is 0 Å². The molecule has 11 nitrogen and oxygen atoms in total. The van der Waals surface area contributed by atoms with Crippen LogP contribution in [0.15, 0.2) is 88.8 Å². The second kappa shape index (κ2) is 12.7. The minimum atomic E-state index is -4.60. The van der Waals surface area contributed by atoms with Gasteiger partial charge in [-0.05, 0) is 48.5 Å². The van der Waals surface area contributed by atoms with Crippen LogP contribution in [-0.4, -0.2) is 64.3 Å². The Morgan fingerprint density at radius 3 is 2.30 bits per heavy atom. The minimum absolute atomic E-state index is 0.0721. The summed E-state index contributed by atoms with van der Waals surface area (Å²) in [4.78, 5) is 15.7. The molecular weight excluding hydrogens is 659 g/mol. The predicted octanol–water partition coefficient (Wildman–Crippen LogP) is 5.33. The summed E-state index contributed by atoms with van der Waals surface area (Å²) in [6.45, 7) is 2.30. The number of hydrogen-bond donors (Lipinski definition) is 2. The van der Waals surface area contributed by atoms with E-state index in [4.69, 9.17) is 9.72 Å². The first-order valence-corrected chi connectivity index (χ1v) is 18.0. The molecule has 0 radical (unpaired) electrons. The lowest BCUT2D eigenvalue weighted by Crippen LogP contribution is -2.36. The molecular formula is C30H26F2N6O5S3. The smallest absolute Gasteiger partial charge is 0.267 e. The van der Waals surface area contributed by atoms with Crippen molar-refractivity contribution in [3.63, 3.8) is 0 Å². The maximum atomic E-state index is 14.3. The minimum Gasteiger partial charge on any atom is -0.378 e. The van der Waals surface area contributed by atoms with Crippen LogP contribution in [0.25, 0.3) is 21.8 Å². The number of rotatable bonds is 9. The Morgan fingerprint density at radius 2 is 1.57 bits per heavy atom. The number of hydrogen-bond acceptors (Lipinski definition) is 11. The molecule has 3 aromatic carbocycles. The van der Waals surface area contributed by atoms with Crippen LogP contribution in [0.2, 0.25) is 0 Å². The summed E-state index contributed by atoms with van der Waals surface area (Å²) in [5.74, 6) is -2.21. The number of anilines is 4. The molecule has 2 aromatic heterocycles. The number of sulfone groups is 1. The number of sulfonamides is 1. The second-order valence-corrected chi connectivity index (χ2v) is 14.8. The fourth-order valence-corrected chi connectivity index (χ4v) is 7.69. The molecule has 0 aliphatic carbocycles. The van der Waals surface area contributed by atoms with Gasteiger partial charge in [-0.25, -0.2) is 40.6 Å². The molecule has 1 aliphatic rings. The Kier molecular flexibility index (Phi) is 8.69. The van der Waals surface area contributed by atoms with Gasteiger partial charge in [-0.1, -0.05) is 35.6 Å². The molecule has 46 heavy (non-hydrogen) atoms. The van der Waals surface area contributed by atoms with Crippen LogP contribution >= 0.6 is 11.3 Å². The highest BCUT2D eigenvalue weighted by molar-refractivity contribution is 7.92. The number of ether oxygens (including phenoxy) is 1. The van der Waals surface area contributed by atoms with Gasteiger partial charge in [0.2, 0.25) is 5.95 Å². The zero-order valence-corrected chi connectivity index (χ0v) is 26.6. The summed E-state index contributed by atoms with van der Waals surface area (Å²) >= 11 is 1.38. The molecule has 1 aliphatic heterocycles. The van der Waals surface area contributed by atoms with Crippen LogP contribution in [-0.2, 0) is 24.6 Å². The van der Waals surface area contributed by atoms with Crippen LogP contribution in [0.5, 0.6) is 0 Å². The van der Waals surface area contributed by atoms with Gasteiger partial charge >= 0.3 is 0 Å². The van der Waals surface area contributed by atoms with Crippen molar-refractivity contribution in [3.8, 4) is 21.8 Å². The van der Waals surface area contributed by atoms with Gasteiger partial charge < -0.3 is 15.0 Å². The lowest BCUT2D eigenvalue weighted by molar-refractivity contribution is 0.122. The number of nitrogens with one attached hydrogen (secondary N) is 2. The van der Waals surface area contributed by atoms with Crippen molar-refractivity contribution in [3.05, 3.63) is 90.6 Å². The van der Waals surface area contributed by atoms with Gasteiger partial charge in [-0.2, -0.15) is 0 Å². The molecule has 0 atom stereocenters. The van der Waals surface area contributed by atoms with Crippen molar-refractivity contribution in [1.82, 2.24) is 15.0 Å². The van der Waals surface area contributed by atoms with Crippen molar-refractivity contribution in [2.45, 2.75) is 9.79 Å². The third-order valence-corrected chi connectivity index (χ3v) is 10.6. The molecule has 2 N–H and O–H groups in total. The van der Waals surface area contributed by atoms with Gasteiger partial charge in [0, 0.05) is 42.5 Å². The summed E-state index contributed by atoms with van der Waals surface area (Å²) in [5, 5.41) is 3.74. The van der Waals surface area contributed by atoms with Crippen molar-refractivity contribution in [1.29, 1.82) is 0 Å². The van der Waals surface area contributed by atoms with E-state index in [-0.39, 0.29) is 16.5 Å². The number of thiazole rings is 1. The van der Waals surface area contributed by atoms with Gasteiger partial charge in [0.05, 0.1) is 34.4 Å². The Bertz CT molecular complexity index is 2120. The van der Waals surface area contributed by atoms with Crippen molar-refractivity contribution < 1.29 is 30.4 Å². The molecule has 238 valence electrons. The Labute approximate surface area is 267 Å². The van der Waals surface area contributed by atoms with Gasteiger partial charge in [-0.15, -0.1) is 0 Å². The number of nitrogens with zero attached hydrogens (tertiary/aromatic N) is 4. The normalized spacial score (nSPS) is 13.8. The van der Waals surface area contributed by atoms with Gasteiger partial charge in [0.1, 0.15) is 11.6 Å². The largest absolute Gasteiger partial charge is 0.378 e. The lowest BCUT2D eigenvalue weighted by atomic mass is 10.1. The van der Waals surface area contributed by atoms with E-state index >= 15 is 0 Å². The third-order valence-electron chi connectivity index (χ3n) is 6.88. The van der Waals surface area contributed by atoms with E-state index in [1.165, 1.54) is 35.6 Å². The number of aromatic nitrogens is 3. The molecule has 0 amide bonds. The molecule has 5 aromatic rings. The van der Waals surface area contributed by atoms with Crippen molar-refractivity contribution in [2.75, 3.05) is 47.5 Å². The molecule has 16 heteroatoms. The first-order valence-electron chi connectivity index (χ1n) is 13.8. The summed E-state index contributed by atoms with van der Waals surface area (Å²) in [6, 6.07) is 17.1. The van der Waals surface area contributed by atoms with E-state index in [2.05, 4.69) is 24.9 Å². The quantitative estimate of drug-likeness (QED) is 0.209. The standard InChI is InChI=1S/C30H26F2N6O5S3/c1-45(39,40)22-8-3-6-20(18-22)34-29-33-12-11-25(35-29)27-26(36-30(44-27)38-13-15-43-16-14-38)19-5-2-7-21(17-19)37-46(41,42)28-23(31)9-4-10-24(28)32/h2-12,17-18,37H,13-16H2,1H3,(H,33,34,35). The number of halogens is 2. The summed E-state index contributed by atoms with van der Waals surface area (Å²) < 4.78 is 86.4. The topological polar surface area (TPSA) is 143 Å². The average molecular weight is 685 g/mol. The molecule has 0 unspecified atom stereocenters. The van der Waals surface area contributed by atoms with Gasteiger partial charge in [0.15, 0.2) is 19.9 Å². The fourth-order valence-electron chi connectivity index (χ4n) is 4.72. The molecule has 6 rings (SSSR count). The van der Waals surface area contributed by atoms with Gasteiger partial charge in [-0.3, -0.25) is 4.72 Å². The molecule has 0 bridgehead atoms. The molecule has 3 heterocycles. The van der Waals surface area contributed by atoms with E-state index < -0.39 is 36.4 Å².